The van der Waals surface area contributed by atoms with Crippen LogP contribution in [-0.4, -0.2) is 35.5 Å². The molecule has 0 aliphatic heterocycles. The molecule has 0 heterocycles. The van der Waals surface area contributed by atoms with Gasteiger partial charge < -0.3 is 15.5 Å². The van der Waals surface area contributed by atoms with Gasteiger partial charge in [-0.25, -0.2) is 0 Å². The van der Waals surface area contributed by atoms with E-state index < -0.39 is 5.54 Å². The monoisotopic (exact) mass is 249 g/mol. The van der Waals surface area contributed by atoms with Gasteiger partial charge in [-0.05, 0) is 43.2 Å². The van der Waals surface area contributed by atoms with Gasteiger partial charge in [-0.15, -0.1) is 0 Å². The lowest BCUT2D eigenvalue weighted by atomic mass is 9.82. The number of aliphatic hydroxyl groups is 2. The van der Waals surface area contributed by atoms with Crippen molar-refractivity contribution in [2.45, 2.75) is 37.6 Å². The number of aryl methyl sites for hydroxylation is 1. The van der Waals surface area contributed by atoms with Crippen LogP contribution in [0.5, 0.6) is 0 Å². The molecule has 0 saturated heterocycles. The van der Waals surface area contributed by atoms with E-state index in [1.54, 1.807) is 0 Å². The zero-order chi connectivity index (χ0) is 13.0. The van der Waals surface area contributed by atoms with Gasteiger partial charge in [0.15, 0.2) is 0 Å². The molecule has 0 spiro atoms. The second kappa shape index (κ2) is 5.83. The van der Waals surface area contributed by atoms with Crippen LogP contribution in [0.1, 0.15) is 36.8 Å². The van der Waals surface area contributed by atoms with Crippen LogP contribution in [0.4, 0.5) is 0 Å². The van der Waals surface area contributed by atoms with Gasteiger partial charge in [-0.1, -0.05) is 24.3 Å². The predicted molar refractivity (Wildman–Crippen MR) is 72.7 cm³/mol. The first-order valence-electron chi connectivity index (χ1n) is 6.73. The van der Waals surface area contributed by atoms with Crippen LogP contribution in [0.3, 0.4) is 0 Å². The number of hydrogen-bond donors (Lipinski definition) is 3. The minimum Gasteiger partial charge on any atom is -0.394 e. The van der Waals surface area contributed by atoms with Gasteiger partial charge in [0.1, 0.15) is 0 Å². The van der Waals surface area contributed by atoms with E-state index >= 15 is 0 Å². The molecule has 3 nitrogen and oxygen atoms in total. The second-order valence-electron chi connectivity index (χ2n) is 5.55. The van der Waals surface area contributed by atoms with Gasteiger partial charge in [0.25, 0.3) is 0 Å². The summed E-state index contributed by atoms with van der Waals surface area (Å²) in [6.45, 7) is 2.58. The Morgan fingerprint density at radius 2 is 2.00 bits per heavy atom. The molecule has 1 atom stereocenters. The summed E-state index contributed by atoms with van der Waals surface area (Å²) in [6, 6.07) is 8.60. The molecule has 100 valence electrons. The third-order valence-corrected chi connectivity index (χ3v) is 3.97. The average Bonchev–Trinajstić information content (AvgIpc) is 2.44. The highest BCUT2D eigenvalue weighted by Gasteiger charge is 2.25. The highest BCUT2D eigenvalue weighted by Crippen LogP contribution is 2.31. The molecule has 3 heteroatoms. The molecule has 1 aromatic rings. The maximum Gasteiger partial charge on any atom is 0.0633 e. The molecule has 1 aliphatic carbocycles. The van der Waals surface area contributed by atoms with Crippen molar-refractivity contribution in [3.63, 3.8) is 0 Å². The summed E-state index contributed by atoms with van der Waals surface area (Å²) < 4.78 is 0. The van der Waals surface area contributed by atoms with Crippen LogP contribution < -0.4 is 5.32 Å². The Morgan fingerprint density at radius 3 is 2.72 bits per heavy atom. The average molecular weight is 249 g/mol. The molecule has 0 saturated carbocycles. The summed E-state index contributed by atoms with van der Waals surface area (Å²) in [5, 5.41) is 21.9. The van der Waals surface area contributed by atoms with Crippen LogP contribution in [0.2, 0.25) is 0 Å². The maximum absolute atomic E-state index is 9.29. The molecule has 2 rings (SSSR count). The topological polar surface area (TPSA) is 52.5 Å². The third-order valence-electron chi connectivity index (χ3n) is 3.97. The Bertz CT molecular complexity index is 388. The molecule has 0 fully saturated rings. The first-order chi connectivity index (χ1) is 8.68. The van der Waals surface area contributed by atoms with Crippen molar-refractivity contribution in [1.29, 1.82) is 0 Å². The third kappa shape index (κ3) is 2.91. The Morgan fingerprint density at radius 1 is 1.28 bits per heavy atom. The fourth-order valence-corrected chi connectivity index (χ4v) is 2.60. The predicted octanol–water partition coefficient (Wildman–Crippen LogP) is 1.44. The van der Waals surface area contributed by atoms with Crippen molar-refractivity contribution < 1.29 is 10.2 Å². The summed E-state index contributed by atoms with van der Waals surface area (Å²) in [5.41, 5.74) is 2.30. The number of rotatable bonds is 5. The molecule has 3 N–H and O–H groups in total. The van der Waals surface area contributed by atoms with E-state index in [-0.39, 0.29) is 13.2 Å². The highest BCUT2D eigenvalue weighted by molar-refractivity contribution is 5.32. The first-order valence-corrected chi connectivity index (χ1v) is 6.73. The van der Waals surface area contributed by atoms with Gasteiger partial charge in [-0.3, -0.25) is 0 Å². The van der Waals surface area contributed by atoms with E-state index in [1.807, 2.05) is 6.92 Å². The fourth-order valence-electron chi connectivity index (χ4n) is 2.60. The summed E-state index contributed by atoms with van der Waals surface area (Å²) in [7, 11) is 0. The normalized spacial score (nSPS) is 19.6. The fraction of sp³-hybridized carbons (Fsp3) is 0.600. The molecule has 0 bridgehead atoms. The van der Waals surface area contributed by atoms with Crippen molar-refractivity contribution in [2.75, 3.05) is 19.8 Å². The lowest BCUT2D eigenvalue weighted by Gasteiger charge is -2.31. The zero-order valence-electron chi connectivity index (χ0n) is 11.0. The van der Waals surface area contributed by atoms with E-state index in [2.05, 4.69) is 29.6 Å². The molecule has 0 radical (unpaired) electrons. The summed E-state index contributed by atoms with van der Waals surface area (Å²) in [5.74, 6) is 0.493. The van der Waals surface area contributed by atoms with Crippen molar-refractivity contribution in [1.82, 2.24) is 5.32 Å². The lowest BCUT2D eigenvalue weighted by molar-refractivity contribution is 0.102. The van der Waals surface area contributed by atoms with Gasteiger partial charge in [-0.2, -0.15) is 0 Å². The van der Waals surface area contributed by atoms with Crippen LogP contribution in [0.25, 0.3) is 0 Å². The van der Waals surface area contributed by atoms with Crippen LogP contribution in [0, 0.1) is 0 Å². The molecular formula is C15H23NO2. The summed E-state index contributed by atoms with van der Waals surface area (Å²) in [6.07, 6.45) is 3.57. The van der Waals surface area contributed by atoms with E-state index in [0.29, 0.717) is 5.92 Å². The Balaban J connectivity index is 2.03. The van der Waals surface area contributed by atoms with Crippen LogP contribution in [-0.2, 0) is 6.42 Å². The number of nitrogens with one attached hydrogen (secondary N) is 1. The van der Waals surface area contributed by atoms with E-state index in [9.17, 15) is 10.2 Å². The second-order valence-corrected chi connectivity index (χ2v) is 5.55. The number of hydrogen-bond acceptors (Lipinski definition) is 3. The zero-order valence-corrected chi connectivity index (χ0v) is 11.0. The number of benzene rings is 1. The lowest BCUT2D eigenvalue weighted by Crippen LogP contribution is -2.50. The molecule has 1 unspecified atom stereocenters. The minimum absolute atomic E-state index is 0.0438. The smallest absolute Gasteiger partial charge is 0.0633 e. The molecule has 1 aromatic carbocycles. The Labute approximate surface area is 109 Å². The van der Waals surface area contributed by atoms with Crippen molar-refractivity contribution in [3.8, 4) is 0 Å². The van der Waals surface area contributed by atoms with Crippen molar-refractivity contribution >= 4 is 0 Å². The first kappa shape index (κ1) is 13.5. The SMILES string of the molecule is CC(CO)(CO)NCC1CCCc2ccccc21. The van der Waals surface area contributed by atoms with Gasteiger partial charge in [0.2, 0.25) is 0 Å². The maximum atomic E-state index is 9.29. The minimum atomic E-state index is -0.577. The number of fused-ring (bicyclic) bond motifs is 1. The van der Waals surface area contributed by atoms with Crippen molar-refractivity contribution in [2.24, 2.45) is 0 Å². The van der Waals surface area contributed by atoms with Crippen LogP contribution >= 0.6 is 0 Å². The van der Waals surface area contributed by atoms with Crippen molar-refractivity contribution in [3.05, 3.63) is 35.4 Å². The Kier molecular flexibility index (Phi) is 4.38. The van der Waals surface area contributed by atoms with E-state index in [4.69, 9.17) is 0 Å². The summed E-state index contributed by atoms with van der Waals surface area (Å²) in [4.78, 5) is 0. The molecule has 0 amide bonds. The standard InChI is InChI=1S/C15H23NO2/c1-15(10-17,11-18)16-9-13-7-4-6-12-5-2-3-8-14(12)13/h2-3,5,8,13,16-18H,4,6-7,9-11H2,1H3. The summed E-state index contributed by atoms with van der Waals surface area (Å²) >= 11 is 0. The molecular weight excluding hydrogens is 226 g/mol. The molecule has 1 aliphatic rings. The van der Waals surface area contributed by atoms with Gasteiger partial charge >= 0.3 is 0 Å². The van der Waals surface area contributed by atoms with Gasteiger partial charge in [0.05, 0.1) is 18.8 Å². The molecule has 18 heavy (non-hydrogen) atoms. The van der Waals surface area contributed by atoms with Crippen LogP contribution in [0.15, 0.2) is 24.3 Å². The largest absolute Gasteiger partial charge is 0.394 e. The Hall–Kier alpha value is -0.900. The number of aliphatic hydroxyl groups excluding tert-OH is 2. The quantitative estimate of drug-likeness (QED) is 0.740. The highest BCUT2D eigenvalue weighted by atomic mass is 16.3. The van der Waals surface area contributed by atoms with Gasteiger partial charge in [0, 0.05) is 6.54 Å². The van der Waals surface area contributed by atoms with E-state index in [1.165, 1.54) is 30.4 Å². The molecule has 0 aromatic heterocycles. The van der Waals surface area contributed by atoms with E-state index in [0.717, 1.165) is 6.54 Å².